The van der Waals surface area contributed by atoms with Crippen LogP contribution in [0.3, 0.4) is 0 Å². The molecule has 1 aromatic rings. The minimum Gasteiger partial charge on any atom is -0.371 e. The highest BCUT2D eigenvalue weighted by Crippen LogP contribution is 2.44. The summed E-state index contributed by atoms with van der Waals surface area (Å²) in [6.07, 6.45) is 1.25. The van der Waals surface area contributed by atoms with Crippen molar-refractivity contribution in [2.24, 2.45) is 22.6 Å². The van der Waals surface area contributed by atoms with E-state index in [1.807, 2.05) is 17.8 Å². The molecule has 1 saturated carbocycles. The van der Waals surface area contributed by atoms with E-state index in [1.54, 1.807) is 0 Å². The quantitative estimate of drug-likeness (QED) is 0.910. The van der Waals surface area contributed by atoms with Gasteiger partial charge in [-0.15, -0.1) is 0 Å². The van der Waals surface area contributed by atoms with Crippen molar-refractivity contribution >= 4 is 16.9 Å². The van der Waals surface area contributed by atoms with Gasteiger partial charge in [0.25, 0.3) is 0 Å². The topological polar surface area (TPSA) is 50.8 Å². The summed E-state index contributed by atoms with van der Waals surface area (Å²) in [5.74, 6) is 0.900. The molecule has 6 atom stereocenters. The fourth-order valence-electron chi connectivity index (χ4n) is 3.89. The van der Waals surface area contributed by atoms with Crippen molar-refractivity contribution < 1.29 is 4.74 Å². The van der Waals surface area contributed by atoms with E-state index >= 15 is 0 Å². The Kier molecular flexibility index (Phi) is 5.52. The van der Waals surface area contributed by atoms with Crippen LogP contribution in [0.2, 0.25) is 0 Å². The normalized spacial score (nSPS) is 33.7. The number of benzene rings is 1. The average Bonchev–Trinajstić information content (AvgIpc) is 2.98. The minimum atomic E-state index is 0.130. The molecular formula is C19H29N3OS. The zero-order valence-corrected chi connectivity index (χ0v) is 15.9. The van der Waals surface area contributed by atoms with Crippen molar-refractivity contribution in [2.75, 3.05) is 14.1 Å². The molecule has 3 rings (SSSR count). The number of hydrogen-bond donors (Lipinski definition) is 1. The molecule has 0 aromatic heterocycles. The number of hydrogen-bond acceptors (Lipinski definition) is 5. The Hall–Kier alpha value is -1.04. The molecule has 0 amide bonds. The van der Waals surface area contributed by atoms with Crippen LogP contribution < -0.4 is 5.73 Å². The SMILES string of the molecule is CC(N)[C@H]1C[C@@H]2SC(N(C)C)=N[C@@H]2[C@@H](OCc2ccccc2)[C@@H]1C. The molecule has 2 aliphatic rings. The first-order chi connectivity index (χ1) is 11.5. The van der Waals surface area contributed by atoms with Crippen LogP contribution in [0.15, 0.2) is 35.3 Å². The van der Waals surface area contributed by atoms with E-state index in [4.69, 9.17) is 15.5 Å². The van der Waals surface area contributed by atoms with Gasteiger partial charge < -0.3 is 15.4 Å². The second-order valence-electron chi connectivity index (χ2n) is 7.33. The third-order valence-corrected chi connectivity index (χ3v) is 6.73. The Balaban J connectivity index is 1.78. The molecule has 132 valence electrons. The number of nitrogens with two attached hydrogens (primary N) is 1. The van der Waals surface area contributed by atoms with Gasteiger partial charge >= 0.3 is 0 Å². The van der Waals surface area contributed by atoms with Gasteiger partial charge in [-0.05, 0) is 30.7 Å². The van der Waals surface area contributed by atoms with Crippen LogP contribution in [0.25, 0.3) is 0 Å². The maximum absolute atomic E-state index is 6.41. The number of nitrogens with zero attached hydrogens (tertiary/aromatic N) is 2. The number of ether oxygens (including phenoxy) is 1. The molecule has 1 fully saturated rings. The lowest BCUT2D eigenvalue weighted by molar-refractivity contribution is -0.0480. The largest absolute Gasteiger partial charge is 0.371 e. The minimum absolute atomic E-state index is 0.130. The first-order valence-electron chi connectivity index (χ1n) is 8.80. The Morgan fingerprint density at radius 1 is 1.33 bits per heavy atom. The van der Waals surface area contributed by atoms with Crippen molar-refractivity contribution in [3.05, 3.63) is 35.9 Å². The van der Waals surface area contributed by atoms with E-state index < -0.39 is 0 Å². The highest BCUT2D eigenvalue weighted by Gasteiger charge is 2.48. The molecule has 1 unspecified atom stereocenters. The fraction of sp³-hybridized carbons (Fsp3) is 0.632. The lowest BCUT2D eigenvalue weighted by atomic mass is 9.72. The summed E-state index contributed by atoms with van der Waals surface area (Å²) >= 11 is 1.89. The van der Waals surface area contributed by atoms with Gasteiger partial charge in [0, 0.05) is 25.4 Å². The van der Waals surface area contributed by atoms with Crippen LogP contribution in [0.1, 0.15) is 25.8 Å². The number of fused-ring (bicyclic) bond motifs is 1. The van der Waals surface area contributed by atoms with Gasteiger partial charge in [0.1, 0.15) is 0 Å². The maximum Gasteiger partial charge on any atom is 0.159 e. The van der Waals surface area contributed by atoms with E-state index in [0.29, 0.717) is 23.7 Å². The van der Waals surface area contributed by atoms with Gasteiger partial charge in [-0.3, -0.25) is 4.99 Å². The summed E-state index contributed by atoms with van der Waals surface area (Å²) in [6.45, 7) is 5.05. The van der Waals surface area contributed by atoms with Crippen LogP contribution >= 0.6 is 11.8 Å². The second-order valence-corrected chi connectivity index (χ2v) is 8.54. The Bertz CT molecular complexity index is 575. The molecule has 1 aliphatic heterocycles. The number of thioether (sulfide) groups is 1. The zero-order chi connectivity index (χ0) is 17.3. The summed E-state index contributed by atoms with van der Waals surface area (Å²) in [7, 11) is 4.13. The summed E-state index contributed by atoms with van der Waals surface area (Å²) < 4.78 is 6.41. The lowest BCUT2D eigenvalue weighted by Crippen LogP contribution is -2.51. The second kappa shape index (κ2) is 7.46. The van der Waals surface area contributed by atoms with Crippen LogP contribution in [0.5, 0.6) is 0 Å². The average molecular weight is 348 g/mol. The van der Waals surface area contributed by atoms with Gasteiger partial charge in [-0.2, -0.15) is 0 Å². The highest BCUT2D eigenvalue weighted by atomic mass is 32.2. The lowest BCUT2D eigenvalue weighted by Gasteiger charge is -2.43. The van der Waals surface area contributed by atoms with Crippen molar-refractivity contribution in [1.29, 1.82) is 0 Å². The standard InChI is InChI=1S/C19H29N3OS/c1-12-15(13(2)20)10-16-17(21-19(24-16)22(3)4)18(12)23-11-14-8-6-5-7-9-14/h5-9,12-13,15-18H,10-11,20H2,1-4H3/t12-,13?,15+,16+,17+,18+/m1/s1. The molecule has 0 spiro atoms. The summed E-state index contributed by atoms with van der Waals surface area (Å²) in [6, 6.07) is 10.8. The van der Waals surface area contributed by atoms with Crippen molar-refractivity contribution in [3.63, 3.8) is 0 Å². The molecule has 1 aromatic carbocycles. The third-order valence-electron chi connectivity index (χ3n) is 5.28. The van der Waals surface area contributed by atoms with E-state index in [0.717, 1.165) is 11.6 Å². The van der Waals surface area contributed by atoms with Crippen molar-refractivity contribution in [3.8, 4) is 0 Å². The molecule has 1 heterocycles. The Morgan fingerprint density at radius 2 is 2.04 bits per heavy atom. The van der Waals surface area contributed by atoms with Gasteiger partial charge in [-0.25, -0.2) is 0 Å². The number of rotatable bonds is 4. The Morgan fingerprint density at radius 3 is 2.67 bits per heavy atom. The van der Waals surface area contributed by atoms with Crippen LogP contribution in [-0.4, -0.2) is 47.6 Å². The van der Waals surface area contributed by atoms with E-state index in [2.05, 4.69) is 57.1 Å². The fourth-order valence-corrected chi connectivity index (χ4v) is 5.23. The van der Waals surface area contributed by atoms with E-state index in [9.17, 15) is 0 Å². The van der Waals surface area contributed by atoms with Crippen molar-refractivity contribution in [2.45, 2.75) is 50.3 Å². The molecular weight excluding hydrogens is 318 g/mol. The van der Waals surface area contributed by atoms with Crippen molar-refractivity contribution in [1.82, 2.24) is 4.90 Å². The summed E-state index contributed by atoms with van der Waals surface area (Å²) in [5.41, 5.74) is 7.51. The molecule has 2 N–H and O–H groups in total. The number of aliphatic imine (C=N–C) groups is 1. The molecule has 0 bridgehead atoms. The first-order valence-corrected chi connectivity index (χ1v) is 9.68. The summed E-state index contributed by atoms with van der Waals surface area (Å²) in [5, 5.41) is 1.60. The smallest absolute Gasteiger partial charge is 0.159 e. The van der Waals surface area contributed by atoms with Crippen LogP contribution in [0, 0.1) is 11.8 Å². The Labute approximate surface area is 149 Å². The van der Waals surface area contributed by atoms with E-state index in [1.165, 1.54) is 5.56 Å². The van der Waals surface area contributed by atoms with Crippen LogP contribution in [-0.2, 0) is 11.3 Å². The van der Waals surface area contributed by atoms with Gasteiger partial charge in [0.05, 0.1) is 18.8 Å². The third kappa shape index (κ3) is 3.63. The molecule has 24 heavy (non-hydrogen) atoms. The predicted octanol–water partition coefficient (Wildman–Crippen LogP) is 2.98. The molecule has 5 heteroatoms. The molecule has 1 aliphatic carbocycles. The van der Waals surface area contributed by atoms with Gasteiger partial charge in [0.2, 0.25) is 0 Å². The molecule has 0 radical (unpaired) electrons. The van der Waals surface area contributed by atoms with Crippen LogP contribution in [0.4, 0.5) is 0 Å². The molecule has 4 nitrogen and oxygen atoms in total. The summed E-state index contributed by atoms with van der Waals surface area (Å²) in [4.78, 5) is 7.10. The van der Waals surface area contributed by atoms with E-state index in [-0.39, 0.29) is 18.2 Å². The zero-order valence-electron chi connectivity index (χ0n) is 15.1. The van der Waals surface area contributed by atoms with Gasteiger partial charge in [-0.1, -0.05) is 49.0 Å². The maximum atomic E-state index is 6.41. The monoisotopic (exact) mass is 347 g/mol. The van der Waals surface area contributed by atoms with Gasteiger partial charge in [0.15, 0.2) is 5.17 Å². The number of amidine groups is 1. The highest BCUT2D eigenvalue weighted by molar-refractivity contribution is 8.14. The first kappa shape index (κ1) is 17.8. The predicted molar refractivity (Wildman–Crippen MR) is 102 cm³/mol. The molecule has 0 saturated heterocycles.